The summed E-state index contributed by atoms with van der Waals surface area (Å²) in [5.41, 5.74) is 5.51. The van der Waals surface area contributed by atoms with Gasteiger partial charge >= 0.3 is 0 Å². The zero-order chi connectivity index (χ0) is 42.1. The molecule has 0 atom stereocenters. The second-order valence-electron chi connectivity index (χ2n) is 16.9. The van der Waals surface area contributed by atoms with Crippen molar-refractivity contribution in [3.63, 3.8) is 0 Å². The van der Waals surface area contributed by atoms with Gasteiger partial charge in [-0.05, 0) is 60.4 Å². The van der Waals surface area contributed by atoms with Crippen LogP contribution in [0, 0.1) is 0 Å². The van der Waals surface area contributed by atoms with Gasteiger partial charge in [-0.2, -0.15) is 0 Å². The minimum Gasteiger partial charge on any atom is -0.507 e. The number of benzene rings is 10. The normalized spacial score (nSPS) is 14.4. The fourth-order valence-corrected chi connectivity index (χ4v) is 10.4. The molecule has 0 aromatic heterocycles. The first-order chi connectivity index (χ1) is 30.1. The Hall–Kier alpha value is -7.96. The summed E-state index contributed by atoms with van der Waals surface area (Å²) in [5.74, 6) is 3.36. The number of ether oxygens (including phenoxy) is 2. The van der Waals surface area contributed by atoms with Crippen molar-refractivity contribution in [3.05, 3.63) is 203 Å². The minimum absolute atomic E-state index is 0.162. The first-order valence-electron chi connectivity index (χ1n) is 20.7. The number of hydrogen-bond donors (Lipinski definition) is 4. The Labute approximate surface area is 356 Å². The molecule has 2 aliphatic heterocycles. The highest BCUT2D eigenvalue weighted by atomic mass is 16.5. The quantitative estimate of drug-likeness (QED) is 0.142. The molecule has 6 heteroatoms. The summed E-state index contributed by atoms with van der Waals surface area (Å²) in [6, 6.07) is 55.1. The van der Waals surface area contributed by atoms with Crippen LogP contribution in [0.2, 0.25) is 0 Å². The van der Waals surface area contributed by atoms with Crippen molar-refractivity contribution in [1.82, 2.24) is 0 Å². The molecule has 0 spiro atoms. The Kier molecular flexibility index (Phi) is 7.40. The molecule has 0 saturated carbocycles. The van der Waals surface area contributed by atoms with Gasteiger partial charge < -0.3 is 29.9 Å². The van der Waals surface area contributed by atoms with Crippen LogP contribution in [0.15, 0.2) is 170 Å². The lowest BCUT2D eigenvalue weighted by Crippen LogP contribution is -2.29. The summed E-state index contributed by atoms with van der Waals surface area (Å²) in [6.07, 6.45) is 0. The summed E-state index contributed by atoms with van der Waals surface area (Å²) >= 11 is 0. The van der Waals surface area contributed by atoms with Crippen molar-refractivity contribution in [1.29, 1.82) is 0 Å². The molecule has 298 valence electrons. The first-order valence-corrected chi connectivity index (χ1v) is 20.7. The molecular weight excluding hydrogens is 769 g/mol. The number of aromatic hydroxyl groups is 4. The van der Waals surface area contributed by atoms with E-state index in [4.69, 9.17) is 9.47 Å². The molecule has 0 unspecified atom stereocenters. The van der Waals surface area contributed by atoms with Gasteiger partial charge in [-0.3, -0.25) is 0 Å². The van der Waals surface area contributed by atoms with Gasteiger partial charge in [0.15, 0.2) is 0 Å². The van der Waals surface area contributed by atoms with Crippen molar-refractivity contribution in [3.8, 4) is 57.1 Å². The van der Waals surface area contributed by atoms with Crippen molar-refractivity contribution in [2.75, 3.05) is 0 Å². The highest BCUT2D eigenvalue weighted by molar-refractivity contribution is 6.02. The summed E-state index contributed by atoms with van der Waals surface area (Å²) < 4.78 is 13.7. The average Bonchev–Trinajstić information content (AvgIpc) is 3.31. The Balaban J connectivity index is 0.995. The van der Waals surface area contributed by atoms with E-state index in [-0.39, 0.29) is 23.0 Å². The van der Waals surface area contributed by atoms with E-state index in [1.807, 2.05) is 97.1 Å². The average molecular weight is 807 g/mol. The van der Waals surface area contributed by atoms with Gasteiger partial charge in [-0.25, -0.2) is 0 Å². The SMILES string of the molecule is CC1(c2ccc(-c3ccc(C4(C)c5cc(O)c6ccccc6c5Oc5c4cc(O)c4ccccc54)cc3)cc2)c2cc(O)c3ccccc3c2Oc2c1cc(O)c1ccccc21. The number of phenols is 4. The van der Waals surface area contributed by atoms with Crippen LogP contribution >= 0.6 is 0 Å². The zero-order valence-corrected chi connectivity index (χ0v) is 33.8. The van der Waals surface area contributed by atoms with Gasteiger partial charge in [0.1, 0.15) is 46.0 Å². The van der Waals surface area contributed by atoms with Gasteiger partial charge in [-0.15, -0.1) is 0 Å². The maximum absolute atomic E-state index is 11.4. The highest BCUT2D eigenvalue weighted by Crippen LogP contribution is 2.60. The molecule has 2 aliphatic rings. The molecule has 6 nitrogen and oxygen atoms in total. The lowest BCUT2D eigenvalue weighted by atomic mass is 9.67. The van der Waals surface area contributed by atoms with Crippen molar-refractivity contribution >= 4 is 43.1 Å². The Morgan fingerprint density at radius 2 is 0.532 bits per heavy atom. The Morgan fingerprint density at radius 3 is 0.774 bits per heavy atom. The largest absolute Gasteiger partial charge is 0.507 e. The lowest BCUT2D eigenvalue weighted by molar-refractivity contribution is 0.426. The number of hydrogen-bond acceptors (Lipinski definition) is 6. The van der Waals surface area contributed by atoms with Crippen molar-refractivity contribution in [2.24, 2.45) is 0 Å². The van der Waals surface area contributed by atoms with Crippen LogP contribution in [-0.2, 0) is 10.8 Å². The summed E-state index contributed by atoms with van der Waals surface area (Å²) in [4.78, 5) is 0. The van der Waals surface area contributed by atoms with E-state index >= 15 is 0 Å². The molecule has 62 heavy (non-hydrogen) atoms. The van der Waals surface area contributed by atoms with E-state index in [2.05, 4.69) is 62.4 Å². The molecular formula is C56H38O6. The third kappa shape index (κ3) is 4.80. The molecule has 0 saturated heterocycles. The van der Waals surface area contributed by atoms with E-state index in [1.165, 1.54) is 0 Å². The fraction of sp³-hybridized carbons (Fsp3) is 0.0714. The highest BCUT2D eigenvalue weighted by Gasteiger charge is 2.44. The van der Waals surface area contributed by atoms with Crippen LogP contribution < -0.4 is 9.47 Å². The van der Waals surface area contributed by atoms with Crippen LogP contribution in [0.25, 0.3) is 54.2 Å². The molecule has 0 radical (unpaired) electrons. The second kappa shape index (κ2) is 12.8. The first kappa shape index (κ1) is 35.9. The summed E-state index contributed by atoms with van der Waals surface area (Å²) in [6.45, 7) is 4.26. The minimum atomic E-state index is -0.821. The molecule has 2 heterocycles. The van der Waals surface area contributed by atoms with E-state index in [1.54, 1.807) is 24.3 Å². The monoisotopic (exact) mass is 806 g/mol. The van der Waals surface area contributed by atoms with Crippen molar-refractivity contribution < 1.29 is 29.9 Å². The van der Waals surface area contributed by atoms with Gasteiger partial charge in [0.2, 0.25) is 0 Å². The van der Waals surface area contributed by atoms with Gasteiger partial charge in [0, 0.05) is 76.2 Å². The van der Waals surface area contributed by atoms with Crippen LogP contribution in [-0.4, -0.2) is 20.4 Å². The van der Waals surface area contributed by atoms with Gasteiger partial charge in [0.25, 0.3) is 0 Å². The van der Waals surface area contributed by atoms with E-state index in [9.17, 15) is 20.4 Å². The predicted molar refractivity (Wildman–Crippen MR) is 246 cm³/mol. The topological polar surface area (TPSA) is 99.4 Å². The van der Waals surface area contributed by atoms with Crippen LogP contribution in [0.5, 0.6) is 46.0 Å². The van der Waals surface area contributed by atoms with Crippen LogP contribution in [0.3, 0.4) is 0 Å². The zero-order valence-electron chi connectivity index (χ0n) is 33.8. The van der Waals surface area contributed by atoms with Gasteiger partial charge in [-0.1, -0.05) is 146 Å². The second-order valence-corrected chi connectivity index (χ2v) is 16.9. The predicted octanol–water partition coefficient (Wildman–Crippen LogP) is 13.7. The molecule has 10 aromatic rings. The van der Waals surface area contributed by atoms with Crippen LogP contribution in [0.4, 0.5) is 0 Å². The molecule has 10 aromatic carbocycles. The van der Waals surface area contributed by atoms with Crippen molar-refractivity contribution in [2.45, 2.75) is 24.7 Å². The maximum Gasteiger partial charge on any atom is 0.140 e. The molecule has 4 N–H and O–H groups in total. The van der Waals surface area contributed by atoms with E-state index in [0.717, 1.165) is 66.1 Å². The Morgan fingerprint density at radius 1 is 0.306 bits per heavy atom. The number of fused-ring (bicyclic) bond motifs is 12. The third-order valence-electron chi connectivity index (χ3n) is 13.7. The lowest BCUT2D eigenvalue weighted by Gasteiger charge is -2.39. The summed E-state index contributed by atoms with van der Waals surface area (Å²) in [7, 11) is 0. The third-order valence-corrected chi connectivity index (χ3v) is 13.7. The molecule has 0 fully saturated rings. The number of rotatable bonds is 3. The molecule has 0 aliphatic carbocycles. The van der Waals surface area contributed by atoms with Gasteiger partial charge in [0.05, 0.1) is 0 Å². The fourth-order valence-electron chi connectivity index (χ4n) is 10.4. The maximum atomic E-state index is 11.4. The Bertz CT molecular complexity index is 3110. The standard InChI is InChI=1S/C56H38O6/c1-55(43-27-47(57)35-11-3-7-15-39(35)51(43)61-52-40-16-8-4-12-36(40)48(58)28-44(52)55)33-23-19-31(20-24-33)32-21-25-34(26-22-32)56(2)45-29-49(59)37-13-5-9-17-41(37)53(45)62-54-42-18-10-6-14-38(42)50(60)30-46(54)56/h3-30,57-60H,1-2H3. The van der Waals surface area contributed by atoms with E-state index < -0.39 is 10.8 Å². The van der Waals surface area contributed by atoms with Crippen LogP contribution in [0.1, 0.15) is 47.2 Å². The van der Waals surface area contributed by atoms with E-state index in [0.29, 0.717) is 44.5 Å². The summed E-state index contributed by atoms with van der Waals surface area (Å²) in [5, 5.41) is 51.7. The number of phenolic OH excluding ortho intramolecular Hbond substituents is 4. The smallest absolute Gasteiger partial charge is 0.140 e. The molecule has 12 rings (SSSR count). The molecule has 0 amide bonds. The molecule has 0 bridgehead atoms.